The minimum Gasteiger partial charge on any atom is -0.305 e. The fourth-order valence-electron chi connectivity index (χ4n) is 1.85. The van der Waals surface area contributed by atoms with Crippen molar-refractivity contribution in [2.45, 2.75) is 19.5 Å². The smallest absolute Gasteiger partial charge is 0.270 e. The predicted octanol–water partition coefficient (Wildman–Crippen LogP) is 3.60. The number of halogens is 1. The number of benzene rings is 1. The Morgan fingerprint density at radius 1 is 1.40 bits per heavy atom. The van der Waals surface area contributed by atoms with Gasteiger partial charge in [-0.1, -0.05) is 22.0 Å². The Kier molecular flexibility index (Phi) is 4.81. The summed E-state index contributed by atoms with van der Waals surface area (Å²) < 4.78 is 0.703. The average molecular weight is 336 g/mol. The molecule has 0 amide bonds. The fraction of sp³-hybridized carbons (Fsp3) is 0.214. The molecule has 0 saturated heterocycles. The first-order chi connectivity index (χ1) is 9.56. The average Bonchev–Trinajstić information content (AvgIpc) is 2.45. The molecule has 0 unspecified atom stereocenters. The number of rotatable bonds is 5. The summed E-state index contributed by atoms with van der Waals surface area (Å²) in [6.45, 7) is 2.55. The Bertz CT molecular complexity index is 605. The van der Waals surface area contributed by atoms with E-state index in [2.05, 4.69) is 26.2 Å². The Morgan fingerprint density at radius 3 is 2.85 bits per heavy atom. The summed E-state index contributed by atoms with van der Waals surface area (Å²) in [6.07, 6.45) is 1.75. The molecule has 1 atom stereocenters. The van der Waals surface area contributed by atoms with Crippen LogP contribution in [0.15, 0.2) is 47.1 Å². The number of nitro benzene ring substituents is 1. The van der Waals surface area contributed by atoms with Crippen molar-refractivity contribution in [3.05, 3.63) is 68.4 Å². The van der Waals surface area contributed by atoms with Gasteiger partial charge in [-0.05, 0) is 30.7 Å². The van der Waals surface area contributed by atoms with Crippen LogP contribution in [-0.4, -0.2) is 9.91 Å². The van der Waals surface area contributed by atoms with Crippen LogP contribution in [0, 0.1) is 10.1 Å². The molecule has 0 spiro atoms. The molecule has 104 valence electrons. The zero-order valence-corrected chi connectivity index (χ0v) is 12.5. The summed E-state index contributed by atoms with van der Waals surface area (Å²) in [5.74, 6) is 0. The van der Waals surface area contributed by atoms with Crippen molar-refractivity contribution in [1.82, 2.24) is 10.3 Å². The van der Waals surface area contributed by atoms with Gasteiger partial charge in [0.1, 0.15) is 0 Å². The summed E-state index contributed by atoms with van der Waals surface area (Å²) >= 11 is 3.29. The topological polar surface area (TPSA) is 68.1 Å². The zero-order valence-electron chi connectivity index (χ0n) is 10.9. The van der Waals surface area contributed by atoms with Gasteiger partial charge in [-0.15, -0.1) is 0 Å². The molecule has 5 nitrogen and oxygen atoms in total. The second kappa shape index (κ2) is 6.58. The fourth-order valence-corrected chi connectivity index (χ4v) is 2.38. The van der Waals surface area contributed by atoms with E-state index in [1.165, 1.54) is 6.07 Å². The van der Waals surface area contributed by atoms with Crippen LogP contribution in [0.2, 0.25) is 0 Å². The normalized spacial score (nSPS) is 12.1. The number of nitrogens with one attached hydrogen (secondary N) is 1. The largest absolute Gasteiger partial charge is 0.305 e. The number of non-ortho nitro benzene ring substituents is 1. The van der Waals surface area contributed by atoms with E-state index in [9.17, 15) is 10.1 Å². The highest BCUT2D eigenvalue weighted by Crippen LogP contribution is 2.21. The van der Waals surface area contributed by atoms with Crippen molar-refractivity contribution >= 4 is 21.6 Å². The SMILES string of the molecule is C[C@@H](NCc1cc(Br)cc([N+](=O)[O-])c1)c1ccccn1. The highest BCUT2D eigenvalue weighted by atomic mass is 79.9. The first-order valence-corrected chi connectivity index (χ1v) is 6.94. The van der Waals surface area contributed by atoms with Gasteiger partial charge in [0.2, 0.25) is 0 Å². The molecule has 20 heavy (non-hydrogen) atoms. The van der Waals surface area contributed by atoms with E-state index in [0.29, 0.717) is 11.0 Å². The van der Waals surface area contributed by atoms with Crippen molar-refractivity contribution in [1.29, 1.82) is 0 Å². The van der Waals surface area contributed by atoms with Crippen LogP contribution < -0.4 is 5.32 Å². The molecule has 0 radical (unpaired) electrons. The summed E-state index contributed by atoms with van der Waals surface area (Å²) in [7, 11) is 0. The maximum absolute atomic E-state index is 10.8. The summed E-state index contributed by atoms with van der Waals surface area (Å²) in [5, 5.41) is 14.1. The summed E-state index contributed by atoms with van der Waals surface area (Å²) in [5.41, 5.74) is 1.88. The molecular formula is C14H14BrN3O2. The molecule has 0 aliphatic heterocycles. The molecule has 6 heteroatoms. The van der Waals surface area contributed by atoms with Crippen molar-refractivity contribution in [2.75, 3.05) is 0 Å². The number of nitro groups is 1. The molecular weight excluding hydrogens is 322 g/mol. The van der Waals surface area contributed by atoms with E-state index in [-0.39, 0.29) is 11.7 Å². The molecule has 0 fully saturated rings. The molecule has 1 aromatic carbocycles. The Balaban J connectivity index is 2.06. The first-order valence-electron chi connectivity index (χ1n) is 6.14. The van der Waals surface area contributed by atoms with Gasteiger partial charge in [-0.2, -0.15) is 0 Å². The lowest BCUT2D eigenvalue weighted by Gasteiger charge is -2.13. The van der Waals surface area contributed by atoms with Crippen LogP contribution in [0.1, 0.15) is 24.2 Å². The number of hydrogen-bond acceptors (Lipinski definition) is 4. The molecule has 1 N–H and O–H groups in total. The van der Waals surface area contributed by atoms with Crippen LogP contribution >= 0.6 is 15.9 Å². The van der Waals surface area contributed by atoms with E-state index < -0.39 is 4.92 Å². The van der Waals surface area contributed by atoms with Gasteiger partial charge in [0.15, 0.2) is 0 Å². The summed E-state index contributed by atoms with van der Waals surface area (Å²) in [4.78, 5) is 14.7. The van der Waals surface area contributed by atoms with Gasteiger partial charge in [-0.3, -0.25) is 15.1 Å². The van der Waals surface area contributed by atoms with E-state index in [1.54, 1.807) is 12.3 Å². The van der Waals surface area contributed by atoms with Crippen LogP contribution in [0.4, 0.5) is 5.69 Å². The molecule has 1 heterocycles. The Morgan fingerprint density at radius 2 is 2.20 bits per heavy atom. The number of pyridine rings is 1. The third-order valence-electron chi connectivity index (χ3n) is 2.90. The zero-order chi connectivity index (χ0) is 14.5. The third-order valence-corrected chi connectivity index (χ3v) is 3.35. The molecule has 1 aromatic heterocycles. The van der Waals surface area contributed by atoms with Crippen molar-refractivity contribution in [3.63, 3.8) is 0 Å². The molecule has 2 aromatic rings. The molecule has 2 rings (SSSR count). The van der Waals surface area contributed by atoms with Crippen LogP contribution in [-0.2, 0) is 6.54 Å². The minimum atomic E-state index is -0.392. The predicted molar refractivity (Wildman–Crippen MR) is 80.3 cm³/mol. The van der Waals surface area contributed by atoms with Gasteiger partial charge in [0.25, 0.3) is 5.69 Å². The Labute approximate surface area is 125 Å². The second-order valence-electron chi connectivity index (χ2n) is 4.43. The van der Waals surface area contributed by atoms with Crippen LogP contribution in [0.3, 0.4) is 0 Å². The van der Waals surface area contributed by atoms with Gasteiger partial charge in [-0.25, -0.2) is 0 Å². The molecule has 0 bridgehead atoms. The molecule has 0 saturated carbocycles. The van der Waals surface area contributed by atoms with Crippen molar-refractivity contribution < 1.29 is 4.92 Å². The van der Waals surface area contributed by atoms with E-state index >= 15 is 0 Å². The van der Waals surface area contributed by atoms with Gasteiger partial charge in [0.05, 0.1) is 10.6 Å². The van der Waals surface area contributed by atoms with Gasteiger partial charge < -0.3 is 5.32 Å². The lowest BCUT2D eigenvalue weighted by atomic mass is 10.1. The van der Waals surface area contributed by atoms with E-state index in [4.69, 9.17) is 0 Å². The quantitative estimate of drug-likeness (QED) is 0.669. The molecule has 0 aliphatic rings. The highest BCUT2D eigenvalue weighted by molar-refractivity contribution is 9.10. The second-order valence-corrected chi connectivity index (χ2v) is 5.35. The van der Waals surface area contributed by atoms with Gasteiger partial charge >= 0.3 is 0 Å². The van der Waals surface area contributed by atoms with Crippen LogP contribution in [0.25, 0.3) is 0 Å². The van der Waals surface area contributed by atoms with Gasteiger partial charge in [0, 0.05) is 35.4 Å². The van der Waals surface area contributed by atoms with E-state index in [0.717, 1.165) is 11.3 Å². The van der Waals surface area contributed by atoms with Crippen LogP contribution in [0.5, 0.6) is 0 Å². The number of aromatic nitrogens is 1. The number of nitrogens with zero attached hydrogens (tertiary/aromatic N) is 2. The number of hydrogen-bond donors (Lipinski definition) is 1. The third kappa shape index (κ3) is 3.85. The van der Waals surface area contributed by atoms with Crippen molar-refractivity contribution in [2.24, 2.45) is 0 Å². The van der Waals surface area contributed by atoms with E-state index in [1.807, 2.05) is 31.2 Å². The lowest BCUT2D eigenvalue weighted by Crippen LogP contribution is -2.19. The monoisotopic (exact) mass is 335 g/mol. The first kappa shape index (κ1) is 14.6. The Hall–Kier alpha value is -1.79. The maximum atomic E-state index is 10.8. The van der Waals surface area contributed by atoms with Crippen molar-refractivity contribution in [3.8, 4) is 0 Å². The lowest BCUT2D eigenvalue weighted by molar-refractivity contribution is -0.385. The maximum Gasteiger partial charge on any atom is 0.270 e. The highest BCUT2D eigenvalue weighted by Gasteiger charge is 2.10. The standard InChI is InChI=1S/C14H14BrN3O2/c1-10(14-4-2-3-5-16-14)17-9-11-6-12(15)8-13(7-11)18(19)20/h2-8,10,17H,9H2,1H3/t10-/m1/s1. The molecule has 0 aliphatic carbocycles. The summed E-state index contributed by atoms with van der Waals surface area (Å²) in [6, 6.07) is 10.8. The minimum absolute atomic E-state index is 0.0780.